The van der Waals surface area contributed by atoms with E-state index in [2.05, 4.69) is 4.98 Å². The average Bonchev–Trinajstić information content (AvgIpc) is 2.44. The van der Waals surface area contributed by atoms with Crippen molar-refractivity contribution in [2.45, 2.75) is 0 Å². The second kappa shape index (κ2) is 4.11. The Labute approximate surface area is 104 Å². The summed E-state index contributed by atoms with van der Waals surface area (Å²) in [6, 6.07) is 15.3. The SMILES string of the molecule is Cn1c(=O)ccc2ccc(-c3ccccn3)cc21. The molecule has 2 heterocycles. The van der Waals surface area contributed by atoms with Gasteiger partial charge in [-0.1, -0.05) is 18.2 Å². The molecular weight excluding hydrogens is 224 g/mol. The summed E-state index contributed by atoms with van der Waals surface area (Å²) in [5.74, 6) is 0. The van der Waals surface area contributed by atoms with Gasteiger partial charge in [-0.05, 0) is 29.7 Å². The van der Waals surface area contributed by atoms with Crippen molar-refractivity contribution >= 4 is 10.9 Å². The number of hydrogen-bond donors (Lipinski definition) is 0. The molecule has 0 N–H and O–H groups in total. The Morgan fingerprint density at radius 1 is 1.06 bits per heavy atom. The Bertz CT molecular complexity index is 760. The Kier molecular flexibility index (Phi) is 2.45. The number of pyridine rings is 2. The van der Waals surface area contributed by atoms with E-state index in [9.17, 15) is 4.79 Å². The maximum absolute atomic E-state index is 11.6. The Balaban J connectivity index is 2.28. The van der Waals surface area contributed by atoms with Gasteiger partial charge in [0.25, 0.3) is 5.56 Å². The molecule has 18 heavy (non-hydrogen) atoms. The topological polar surface area (TPSA) is 34.9 Å². The van der Waals surface area contributed by atoms with Crippen LogP contribution < -0.4 is 5.56 Å². The summed E-state index contributed by atoms with van der Waals surface area (Å²) >= 11 is 0. The molecule has 0 radical (unpaired) electrons. The van der Waals surface area contributed by atoms with Crippen LogP contribution in [0, 0.1) is 0 Å². The summed E-state index contributed by atoms with van der Waals surface area (Å²) < 4.78 is 1.65. The van der Waals surface area contributed by atoms with Gasteiger partial charge in [-0.3, -0.25) is 9.78 Å². The van der Waals surface area contributed by atoms with Gasteiger partial charge in [-0.25, -0.2) is 0 Å². The number of nitrogens with zero attached hydrogens (tertiary/aromatic N) is 2. The normalized spacial score (nSPS) is 10.7. The highest BCUT2D eigenvalue weighted by Crippen LogP contribution is 2.21. The van der Waals surface area contributed by atoms with Gasteiger partial charge in [-0.15, -0.1) is 0 Å². The smallest absolute Gasteiger partial charge is 0.250 e. The highest BCUT2D eigenvalue weighted by Gasteiger charge is 2.03. The van der Waals surface area contributed by atoms with Gasteiger partial charge >= 0.3 is 0 Å². The monoisotopic (exact) mass is 236 g/mol. The average molecular weight is 236 g/mol. The van der Waals surface area contributed by atoms with E-state index in [1.807, 2.05) is 42.5 Å². The molecule has 3 heteroatoms. The first-order valence-electron chi connectivity index (χ1n) is 5.77. The van der Waals surface area contributed by atoms with Crippen LogP contribution in [0.5, 0.6) is 0 Å². The van der Waals surface area contributed by atoms with E-state index < -0.39 is 0 Å². The molecule has 0 aliphatic heterocycles. The molecule has 0 aliphatic carbocycles. The molecule has 0 spiro atoms. The lowest BCUT2D eigenvalue weighted by Crippen LogP contribution is -2.14. The largest absolute Gasteiger partial charge is 0.311 e. The Morgan fingerprint density at radius 3 is 2.67 bits per heavy atom. The predicted molar refractivity (Wildman–Crippen MR) is 72.4 cm³/mol. The number of aryl methyl sites for hydroxylation is 1. The van der Waals surface area contributed by atoms with Gasteiger partial charge in [0, 0.05) is 24.9 Å². The Morgan fingerprint density at radius 2 is 1.89 bits per heavy atom. The number of fused-ring (bicyclic) bond motifs is 1. The fourth-order valence-corrected chi connectivity index (χ4v) is 2.06. The molecule has 88 valence electrons. The van der Waals surface area contributed by atoms with E-state index in [0.717, 1.165) is 22.2 Å². The summed E-state index contributed by atoms with van der Waals surface area (Å²) in [6.07, 6.45) is 1.77. The van der Waals surface area contributed by atoms with E-state index in [0.29, 0.717) is 0 Å². The van der Waals surface area contributed by atoms with Crippen LogP contribution in [0.25, 0.3) is 22.2 Å². The third kappa shape index (κ3) is 1.70. The first-order chi connectivity index (χ1) is 8.75. The van der Waals surface area contributed by atoms with Gasteiger partial charge in [-0.2, -0.15) is 0 Å². The molecule has 2 aromatic heterocycles. The molecule has 3 rings (SSSR count). The molecular formula is C15H12N2O. The first kappa shape index (κ1) is 10.7. The summed E-state index contributed by atoms with van der Waals surface area (Å²) in [4.78, 5) is 15.9. The second-order valence-corrected chi connectivity index (χ2v) is 4.22. The molecule has 3 nitrogen and oxygen atoms in total. The quantitative estimate of drug-likeness (QED) is 0.651. The highest BCUT2D eigenvalue weighted by molar-refractivity contribution is 5.83. The minimum atomic E-state index is 0.000621. The van der Waals surface area contributed by atoms with Crippen molar-refractivity contribution in [3.05, 3.63) is 65.1 Å². The second-order valence-electron chi connectivity index (χ2n) is 4.22. The lowest BCUT2D eigenvalue weighted by Gasteiger charge is -2.06. The molecule has 0 aliphatic rings. The zero-order chi connectivity index (χ0) is 12.5. The van der Waals surface area contributed by atoms with Crippen LogP contribution in [-0.4, -0.2) is 9.55 Å². The molecule has 3 aromatic rings. The van der Waals surface area contributed by atoms with Crippen molar-refractivity contribution < 1.29 is 0 Å². The highest BCUT2D eigenvalue weighted by atomic mass is 16.1. The molecule has 0 unspecified atom stereocenters. The minimum Gasteiger partial charge on any atom is -0.311 e. The zero-order valence-corrected chi connectivity index (χ0v) is 10.00. The van der Waals surface area contributed by atoms with Crippen LogP contribution >= 0.6 is 0 Å². The molecule has 0 saturated heterocycles. The standard InChI is InChI=1S/C15H12N2O/c1-17-14-10-12(13-4-2-3-9-16-13)6-5-11(14)7-8-15(17)18/h2-10H,1H3. The van der Waals surface area contributed by atoms with E-state index >= 15 is 0 Å². The van der Waals surface area contributed by atoms with Gasteiger partial charge in [0.05, 0.1) is 11.2 Å². The molecule has 0 fully saturated rings. The van der Waals surface area contributed by atoms with Gasteiger partial charge in [0.2, 0.25) is 0 Å². The van der Waals surface area contributed by atoms with Gasteiger partial charge in [0.1, 0.15) is 0 Å². The third-order valence-electron chi connectivity index (χ3n) is 3.09. The number of rotatable bonds is 1. The van der Waals surface area contributed by atoms with Crippen LogP contribution in [0.1, 0.15) is 0 Å². The molecule has 1 aromatic carbocycles. The molecule has 0 atom stereocenters. The van der Waals surface area contributed by atoms with Crippen LogP contribution in [0.3, 0.4) is 0 Å². The third-order valence-corrected chi connectivity index (χ3v) is 3.09. The number of aromatic nitrogens is 2. The first-order valence-corrected chi connectivity index (χ1v) is 5.77. The van der Waals surface area contributed by atoms with Crippen molar-refractivity contribution in [3.8, 4) is 11.3 Å². The van der Waals surface area contributed by atoms with Crippen molar-refractivity contribution in [2.24, 2.45) is 7.05 Å². The zero-order valence-electron chi connectivity index (χ0n) is 10.00. The fourth-order valence-electron chi connectivity index (χ4n) is 2.06. The van der Waals surface area contributed by atoms with Gasteiger partial charge in [0.15, 0.2) is 0 Å². The van der Waals surface area contributed by atoms with Crippen molar-refractivity contribution in [3.63, 3.8) is 0 Å². The Hall–Kier alpha value is -2.42. The number of benzene rings is 1. The molecule has 0 bridgehead atoms. The summed E-state index contributed by atoms with van der Waals surface area (Å²) in [6.45, 7) is 0. The van der Waals surface area contributed by atoms with Crippen molar-refractivity contribution in [2.75, 3.05) is 0 Å². The van der Waals surface area contributed by atoms with E-state index in [4.69, 9.17) is 0 Å². The fraction of sp³-hybridized carbons (Fsp3) is 0.0667. The minimum absolute atomic E-state index is 0.000621. The lowest BCUT2D eigenvalue weighted by molar-refractivity contribution is 0.906. The van der Waals surface area contributed by atoms with Crippen LogP contribution in [-0.2, 0) is 7.05 Å². The molecule has 0 amide bonds. The maximum Gasteiger partial charge on any atom is 0.250 e. The summed E-state index contributed by atoms with van der Waals surface area (Å²) in [5, 5.41) is 1.05. The lowest BCUT2D eigenvalue weighted by atomic mass is 10.1. The van der Waals surface area contributed by atoms with Crippen molar-refractivity contribution in [1.29, 1.82) is 0 Å². The van der Waals surface area contributed by atoms with E-state index in [-0.39, 0.29) is 5.56 Å². The van der Waals surface area contributed by atoms with Crippen molar-refractivity contribution in [1.82, 2.24) is 9.55 Å². The van der Waals surface area contributed by atoms with Crippen LogP contribution in [0.2, 0.25) is 0 Å². The van der Waals surface area contributed by atoms with E-state index in [1.165, 1.54) is 0 Å². The maximum atomic E-state index is 11.6. The van der Waals surface area contributed by atoms with E-state index in [1.54, 1.807) is 23.9 Å². The van der Waals surface area contributed by atoms with Crippen LogP contribution in [0.4, 0.5) is 0 Å². The predicted octanol–water partition coefficient (Wildman–Crippen LogP) is 2.60. The summed E-state index contributed by atoms with van der Waals surface area (Å²) in [5.41, 5.74) is 2.85. The molecule has 0 saturated carbocycles. The van der Waals surface area contributed by atoms with Crippen LogP contribution in [0.15, 0.2) is 59.5 Å². The van der Waals surface area contributed by atoms with Gasteiger partial charge < -0.3 is 4.57 Å². The summed E-state index contributed by atoms with van der Waals surface area (Å²) in [7, 11) is 1.78. The number of hydrogen-bond acceptors (Lipinski definition) is 2.